The molecule has 0 saturated carbocycles. The molecular weight excluding hydrogens is 180 g/mol. The summed E-state index contributed by atoms with van der Waals surface area (Å²) >= 11 is 0. The topological polar surface area (TPSA) is 52.0 Å². The fourth-order valence-corrected chi connectivity index (χ4v) is 1.50. The smallest absolute Gasteiger partial charge is 0.159 e. The Morgan fingerprint density at radius 1 is 1.50 bits per heavy atom. The van der Waals surface area contributed by atoms with Crippen molar-refractivity contribution in [3.8, 4) is 0 Å². The summed E-state index contributed by atoms with van der Waals surface area (Å²) < 4.78 is 7.65. The van der Waals surface area contributed by atoms with Gasteiger partial charge in [-0.25, -0.2) is 0 Å². The van der Waals surface area contributed by atoms with Crippen molar-refractivity contribution in [1.82, 2.24) is 20.1 Å². The van der Waals surface area contributed by atoms with Crippen LogP contribution in [0.2, 0.25) is 0 Å². The molecule has 0 spiro atoms. The van der Waals surface area contributed by atoms with Crippen LogP contribution in [0.4, 0.5) is 0 Å². The van der Waals surface area contributed by atoms with Gasteiger partial charge in [-0.2, -0.15) is 0 Å². The van der Waals surface area contributed by atoms with E-state index in [9.17, 15) is 0 Å². The molecule has 5 nitrogen and oxygen atoms in total. The lowest BCUT2D eigenvalue weighted by Crippen LogP contribution is -2.29. The van der Waals surface area contributed by atoms with E-state index in [1.54, 1.807) is 0 Å². The van der Waals surface area contributed by atoms with Crippen LogP contribution in [-0.4, -0.2) is 27.4 Å². The van der Waals surface area contributed by atoms with Gasteiger partial charge in [0.15, 0.2) is 5.82 Å². The van der Waals surface area contributed by atoms with Gasteiger partial charge in [-0.15, -0.1) is 10.2 Å². The van der Waals surface area contributed by atoms with Crippen LogP contribution in [0.15, 0.2) is 0 Å². The van der Waals surface area contributed by atoms with Crippen molar-refractivity contribution in [3.63, 3.8) is 0 Å². The van der Waals surface area contributed by atoms with Crippen molar-refractivity contribution in [3.05, 3.63) is 11.6 Å². The van der Waals surface area contributed by atoms with E-state index in [-0.39, 0.29) is 6.10 Å². The normalized spacial score (nSPS) is 15.9. The van der Waals surface area contributed by atoms with E-state index < -0.39 is 0 Å². The van der Waals surface area contributed by atoms with Crippen molar-refractivity contribution in [2.24, 2.45) is 0 Å². The first-order chi connectivity index (χ1) is 6.77. The van der Waals surface area contributed by atoms with Crippen LogP contribution in [0.25, 0.3) is 0 Å². The van der Waals surface area contributed by atoms with Gasteiger partial charge in [-0.3, -0.25) is 0 Å². The van der Waals surface area contributed by atoms with E-state index in [4.69, 9.17) is 4.74 Å². The largest absolute Gasteiger partial charge is 0.371 e. The van der Waals surface area contributed by atoms with E-state index in [1.165, 1.54) is 0 Å². The van der Waals surface area contributed by atoms with Gasteiger partial charge in [-0.1, -0.05) is 0 Å². The van der Waals surface area contributed by atoms with Crippen molar-refractivity contribution in [1.29, 1.82) is 0 Å². The van der Waals surface area contributed by atoms with E-state index in [2.05, 4.69) is 20.1 Å². The molecule has 2 rings (SSSR count). The molecule has 78 valence electrons. The van der Waals surface area contributed by atoms with Crippen LogP contribution < -0.4 is 5.32 Å². The minimum Gasteiger partial charge on any atom is -0.371 e. The van der Waals surface area contributed by atoms with Gasteiger partial charge in [0.1, 0.15) is 12.4 Å². The van der Waals surface area contributed by atoms with Crippen molar-refractivity contribution < 1.29 is 4.74 Å². The number of nitrogens with one attached hydrogen (secondary N) is 1. The third-order valence-electron chi connectivity index (χ3n) is 2.25. The average Bonchev–Trinajstić information content (AvgIpc) is 2.58. The molecule has 0 bridgehead atoms. The van der Waals surface area contributed by atoms with Crippen LogP contribution in [0, 0.1) is 0 Å². The summed E-state index contributed by atoms with van der Waals surface area (Å²) in [5.41, 5.74) is 0. The average molecular weight is 196 g/mol. The quantitative estimate of drug-likeness (QED) is 0.755. The predicted octanol–water partition coefficient (Wildman–Crippen LogP) is 0.306. The third-order valence-corrected chi connectivity index (χ3v) is 2.25. The molecule has 1 aromatic heterocycles. The van der Waals surface area contributed by atoms with Crippen molar-refractivity contribution in [2.45, 2.75) is 39.6 Å². The maximum atomic E-state index is 5.51. The Morgan fingerprint density at radius 3 is 3.14 bits per heavy atom. The Bertz CT molecular complexity index is 308. The molecule has 1 aliphatic rings. The summed E-state index contributed by atoms with van der Waals surface area (Å²) in [5, 5.41) is 11.5. The maximum Gasteiger partial charge on any atom is 0.159 e. The Balaban J connectivity index is 2.06. The summed E-state index contributed by atoms with van der Waals surface area (Å²) in [5.74, 6) is 1.95. The second kappa shape index (κ2) is 4.06. The SMILES string of the molecule is CC(C)OCc1nnc2n1CCNC2. The van der Waals surface area contributed by atoms with Crippen molar-refractivity contribution in [2.75, 3.05) is 6.54 Å². The van der Waals surface area contributed by atoms with Gasteiger partial charge in [0.25, 0.3) is 0 Å². The molecule has 5 heteroatoms. The fraction of sp³-hybridized carbons (Fsp3) is 0.778. The van der Waals surface area contributed by atoms with E-state index in [1.807, 2.05) is 13.8 Å². The number of ether oxygens (including phenoxy) is 1. The Labute approximate surface area is 83.5 Å². The van der Waals surface area contributed by atoms with Gasteiger partial charge in [0.05, 0.1) is 12.6 Å². The molecule has 0 aliphatic carbocycles. The number of nitrogens with zero attached hydrogens (tertiary/aromatic N) is 3. The Hall–Kier alpha value is -0.940. The maximum absolute atomic E-state index is 5.51. The molecule has 1 aliphatic heterocycles. The Morgan fingerprint density at radius 2 is 2.36 bits per heavy atom. The van der Waals surface area contributed by atoms with Crippen LogP contribution >= 0.6 is 0 Å². The van der Waals surface area contributed by atoms with Gasteiger partial charge in [0.2, 0.25) is 0 Å². The molecule has 2 heterocycles. The molecule has 0 radical (unpaired) electrons. The Kier molecular flexibility index (Phi) is 2.79. The second-order valence-electron chi connectivity index (χ2n) is 3.72. The van der Waals surface area contributed by atoms with Crippen LogP contribution in [0.1, 0.15) is 25.5 Å². The third kappa shape index (κ3) is 1.93. The van der Waals surface area contributed by atoms with Crippen LogP contribution in [0.3, 0.4) is 0 Å². The van der Waals surface area contributed by atoms with Gasteiger partial charge in [0, 0.05) is 13.1 Å². The lowest BCUT2D eigenvalue weighted by atomic mass is 10.4. The summed E-state index contributed by atoms with van der Waals surface area (Å²) in [4.78, 5) is 0. The molecule has 1 N–H and O–H groups in total. The lowest BCUT2D eigenvalue weighted by Gasteiger charge is -2.16. The molecule has 14 heavy (non-hydrogen) atoms. The van der Waals surface area contributed by atoms with E-state index in [0.29, 0.717) is 6.61 Å². The van der Waals surface area contributed by atoms with Crippen LogP contribution in [-0.2, 0) is 24.4 Å². The zero-order valence-electron chi connectivity index (χ0n) is 8.66. The monoisotopic (exact) mass is 196 g/mol. The molecule has 0 fully saturated rings. The lowest BCUT2D eigenvalue weighted by molar-refractivity contribution is 0.0590. The summed E-state index contributed by atoms with van der Waals surface area (Å²) in [6, 6.07) is 0. The molecular formula is C9H16N4O. The molecule has 0 atom stereocenters. The number of hydrogen-bond acceptors (Lipinski definition) is 4. The van der Waals surface area contributed by atoms with Gasteiger partial charge >= 0.3 is 0 Å². The number of hydrogen-bond donors (Lipinski definition) is 1. The predicted molar refractivity (Wildman–Crippen MR) is 51.7 cm³/mol. The zero-order chi connectivity index (χ0) is 9.97. The van der Waals surface area contributed by atoms with Crippen LogP contribution in [0.5, 0.6) is 0 Å². The summed E-state index contributed by atoms with van der Waals surface area (Å²) in [7, 11) is 0. The first-order valence-corrected chi connectivity index (χ1v) is 5.00. The highest BCUT2D eigenvalue weighted by Gasteiger charge is 2.15. The summed E-state index contributed by atoms with van der Waals surface area (Å²) in [6.07, 6.45) is 0.240. The van der Waals surface area contributed by atoms with E-state index >= 15 is 0 Å². The molecule has 1 aromatic rings. The fourth-order valence-electron chi connectivity index (χ4n) is 1.50. The number of aromatic nitrogens is 3. The minimum atomic E-state index is 0.240. The standard InChI is InChI=1S/C9H16N4O/c1-7(2)14-6-9-12-11-8-5-10-3-4-13(8)9/h7,10H,3-6H2,1-2H3. The highest BCUT2D eigenvalue weighted by molar-refractivity contribution is 4.97. The highest BCUT2D eigenvalue weighted by Crippen LogP contribution is 2.07. The first kappa shape index (κ1) is 9.61. The van der Waals surface area contributed by atoms with Crippen molar-refractivity contribution >= 4 is 0 Å². The first-order valence-electron chi connectivity index (χ1n) is 5.00. The molecule has 0 aromatic carbocycles. The number of fused-ring (bicyclic) bond motifs is 1. The van der Waals surface area contributed by atoms with E-state index in [0.717, 1.165) is 31.3 Å². The second-order valence-corrected chi connectivity index (χ2v) is 3.72. The molecule has 0 amide bonds. The zero-order valence-corrected chi connectivity index (χ0v) is 8.66. The molecule has 0 unspecified atom stereocenters. The van der Waals surface area contributed by atoms with Gasteiger partial charge < -0.3 is 14.6 Å². The minimum absolute atomic E-state index is 0.240. The summed E-state index contributed by atoms with van der Waals surface area (Å²) in [6.45, 7) is 7.35. The highest BCUT2D eigenvalue weighted by atomic mass is 16.5. The van der Waals surface area contributed by atoms with Gasteiger partial charge in [-0.05, 0) is 13.8 Å². The number of rotatable bonds is 3. The molecule has 0 saturated heterocycles.